The minimum atomic E-state index is -0.896. The van der Waals surface area contributed by atoms with E-state index in [1.54, 1.807) is 18.3 Å². The van der Waals surface area contributed by atoms with Gasteiger partial charge >= 0.3 is 5.97 Å². The van der Waals surface area contributed by atoms with Crippen molar-refractivity contribution < 1.29 is 15.0 Å². The molecular formula is C28H32N6O3. The summed E-state index contributed by atoms with van der Waals surface area (Å²) in [5.74, 6) is 6.48. The van der Waals surface area contributed by atoms with Crippen molar-refractivity contribution in [2.24, 2.45) is 22.9 Å². The van der Waals surface area contributed by atoms with Crippen LogP contribution in [0.15, 0.2) is 60.6 Å². The van der Waals surface area contributed by atoms with E-state index in [1.807, 2.05) is 18.2 Å². The van der Waals surface area contributed by atoms with Crippen molar-refractivity contribution >= 4 is 16.9 Å². The molecule has 3 aliphatic rings. The number of nitrogens with two attached hydrogens (primary N) is 2. The summed E-state index contributed by atoms with van der Waals surface area (Å²) < 4.78 is 0. The molecular weight excluding hydrogens is 468 g/mol. The van der Waals surface area contributed by atoms with E-state index in [9.17, 15) is 15.0 Å². The minimum absolute atomic E-state index is 0.0883. The van der Waals surface area contributed by atoms with Gasteiger partial charge in [0.2, 0.25) is 0 Å². The molecule has 0 radical (unpaired) electrons. The summed E-state index contributed by atoms with van der Waals surface area (Å²) in [4.78, 5) is 13.8. The van der Waals surface area contributed by atoms with Crippen LogP contribution in [0.4, 0.5) is 0 Å². The predicted molar refractivity (Wildman–Crippen MR) is 140 cm³/mol. The van der Waals surface area contributed by atoms with Crippen LogP contribution >= 0.6 is 0 Å². The van der Waals surface area contributed by atoms with Gasteiger partial charge < -0.3 is 25.9 Å². The van der Waals surface area contributed by atoms with Crippen molar-refractivity contribution in [3.63, 3.8) is 0 Å². The van der Waals surface area contributed by atoms with Crippen molar-refractivity contribution in [2.75, 3.05) is 13.1 Å². The van der Waals surface area contributed by atoms with Crippen LogP contribution in [-0.4, -0.2) is 55.4 Å². The number of nitrogens with zero attached hydrogens (tertiary/aromatic N) is 4. The molecule has 1 atom stereocenters. The maximum absolute atomic E-state index is 11.7. The van der Waals surface area contributed by atoms with Crippen LogP contribution in [0.3, 0.4) is 0 Å². The highest BCUT2D eigenvalue weighted by Crippen LogP contribution is 2.56. The second-order valence-electron chi connectivity index (χ2n) is 11.0. The second kappa shape index (κ2) is 8.92. The molecule has 9 heteroatoms. The number of rotatable bonds is 7. The third-order valence-corrected chi connectivity index (χ3v) is 8.49. The van der Waals surface area contributed by atoms with Gasteiger partial charge in [-0.15, -0.1) is 10.2 Å². The molecule has 9 nitrogen and oxygen atoms in total. The van der Waals surface area contributed by atoms with Gasteiger partial charge in [0.15, 0.2) is 0 Å². The summed E-state index contributed by atoms with van der Waals surface area (Å²) in [6.07, 6.45) is 6.59. The van der Waals surface area contributed by atoms with Crippen molar-refractivity contribution in [2.45, 2.75) is 44.1 Å². The summed E-state index contributed by atoms with van der Waals surface area (Å²) in [5, 5.41) is 30.8. The van der Waals surface area contributed by atoms with E-state index < -0.39 is 12.0 Å². The molecule has 3 aromatic rings. The number of benzene rings is 2. The zero-order valence-electron chi connectivity index (χ0n) is 20.6. The smallest absolute Gasteiger partial charge is 0.328 e. The molecule has 0 bridgehead atoms. The number of carbonyl (C=O) groups is 1. The number of hydrazine groups is 1. The van der Waals surface area contributed by atoms with E-state index in [0.29, 0.717) is 23.0 Å². The first-order valence-corrected chi connectivity index (χ1v) is 12.9. The largest absolute Gasteiger partial charge is 0.507 e. The summed E-state index contributed by atoms with van der Waals surface area (Å²) in [6, 6.07) is 14.8. The molecule has 1 saturated heterocycles. The predicted octanol–water partition coefficient (Wildman–Crippen LogP) is 3.37. The molecule has 2 aliphatic carbocycles. The summed E-state index contributed by atoms with van der Waals surface area (Å²) in [6.45, 7) is 1.72. The monoisotopic (exact) mass is 500 g/mol. The lowest BCUT2D eigenvalue weighted by molar-refractivity contribution is -0.145. The minimum Gasteiger partial charge on any atom is -0.507 e. The van der Waals surface area contributed by atoms with E-state index >= 15 is 0 Å². The van der Waals surface area contributed by atoms with Gasteiger partial charge in [0, 0.05) is 29.5 Å². The number of phenols is 1. The van der Waals surface area contributed by atoms with Crippen molar-refractivity contribution in [3.05, 3.63) is 66.1 Å². The maximum Gasteiger partial charge on any atom is 0.328 e. The molecule has 6 rings (SSSR count). The number of aliphatic carboxylic acids is 1. The van der Waals surface area contributed by atoms with Crippen LogP contribution in [0, 0.1) is 11.3 Å². The Bertz CT molecular complexity index is 1370. The Labute approximate surface area is 215 Å². The number of likely N-dealkylation sites (tertiary alicyclic amines) is 1. The Balaban J connectivity index is 1.08. The fraction of sp³-hybridized carbons (Fsp3) is 0.393. The zero-order chi connectivity index (χ0) is 25.7. The molecule has 1 aromatic heterocycles. The average Bonchev–Trinajstić information content (AvgIpc) is 2.79. The van der Waals surface area contributed by atoms with Crippen molar-refractivity contribution in [1.82, 2.24) is 20.1 Å². The first-order chi connectivity index (χ1) is 17.8. The fourth-order valence-corrected chi connectivity index (χ4v) is 6.20. The number of hydrogen-bond donors (Lipinski definition) is 4. The quantitative estimate of drug-likeness (QED) is 0.284. The Morgan fingerprint density at radius 3 is 2.57 bits per heavy atom. The van der Waals surface area contributed by atoms with E-state index in [-0.39, 0.29) is 17.1 Å². The Kier molecular flexibility index (Phi) is 5.67. The van der Waals surface area contributed by atoms with Crippen LogP contribution in [0.5, 0.6) is 5.75 Å². The van der Waals surface area contributed by atoms with Crippen LogP contribution in [0.25, 0.3) is 22.2 Å². The number of carboxylic acid groups (broad SMARTS) is 1. The molecule has 1 spiro atoms. The summed E-state index contributed by atoms with van der Waals surface area (Å²) in [7, 11) is 0. The normalized spacial score (nSPS) is 20.2. The highest BCUT2D eigenvalue weighted by atomic mass is 16.4. The fourth-order valence-electron chi connectivity index (χ4n) is 6.20. The lowest BCUT2D eigenvalue weighted by Crippen LogP contribution is -2.62. The van der Waals surface area contributed by atoms with Gasteiger partial charge in [0.05, 0.1) is 17.4 Å². The van der Waals surface area contributed by atoms with Crippen LogP contribution in [0.2, 0.25) is 0 Å². The zero-order valence-corrected chi connectivity index (χ0v) is 20.6. The van der Waals surface area contributed by atoms with Crippen LogP contribution in [-0.2, 0) is 4.79 Å². The van der Waals surface area contributed by atoms with E-state index in [2.05, 4.69) is 33.3 Å². The van der Waals surface area contributed by atoms with Gasteiger partial charge in [0.1, 0.15) is 17.6 Å². The number of aromatic hydroxyl groups is 1. The lowest BCUT2D eigenvalue weighted by atomic mass is 9.56. The molecule has 2 aromatic carbocycles. The number of para-hydroxylation sites is 1. The number of aromatic nitrogens is 2. The molecule has 3 fully saturated rings. The molecule has 37 heavy (non-hydrogen) atoms. The van der Waals surface area contributed by atoms with Crippen LogP contribution in [0.1, 0.15) is 43.6 Å². The first kappa shape index (κ1) is 23.5. The van der Waals surface area contributed by atoms with Gasteiger partial charge in [-0.2, -0.15) is 0 Å². The standard InChI is InChI=1S/C28H32N6O3/c29-25(14-34(30)26(27(36)37)17-4-3-5-17)33-15-28(16-33)12-20(13-28)18-8-9-19-11-23(32-31-22(19)10-18)21-6-1-2-7-24(21)35/h1-2,6-11,14,17,20,26,35H,3-5,12-13,15-16,29-30H2,(H,36,37)/b25-14+. The summed E-state index contributed by atoms with van der Waals surface area (Å²) in [5.41, 5.74) is 9.98. The SMILES string of the molecule is N/C(=C\N(N)C(C(=O)O)C1CCC1)N1CC2(CC(c3ccc4cc(-c5ccccc5O)nnc4c3)C2)C1. The molecule has 2 heterocycles. The van der Waals surface area contributed by atoms with Gasteiger partial charge in [-0.1, -0.05) is 30.7 Å². The van der Waals surface area contributed by atoms with Crippen molar-refractivity contribution in [3.8, 4) is 17.0 Å². The van der Waals surface area contributed by atoms with Gasteiger partial charge in [-0.3, -0.25) is 0 Å². The van der Waals surface area contributed by atoms with Crippen LogP contribution < -0.4 is 11.6 Å². The second-order valence-corrected chi connectivity index (χ2v) is 11.0. The number of hydrogen-bond acceptors (Lipinski definition) is 8. The van der Waals surface area contributed by atoms with E-state index in [0.717, 1.165) is 56.1 Å². The number of phenolic OH excluding ortho intramolecular Hbond substituents is 1. The molecule has 1 unspecified atom stereocenters. The Morgan fingerprint density at radius 2 is 1.89 bits per heavy atom. The maximum atomic E-state index is 11.7. The molecule has 0 amide bonds. The van der Waals surface area contributed by atoms with Gasteiger partial charge in [0.25, 0.3) is 0 Å². The van der Waals surface area contributed by atoms with Gasteiger partial charge in [-0.25, -0.2) is 10.6 Å². The Morgan fingerprint density at radius 1 is 1.14 bits per heavy atom. The molecule has 192 valence electrons. The number of fused-ring (bicyclic) bond motifs is 1. The van der Waals surface area contributed by atoms with Gasteiger partial charge in [-0.05, 0) is 67.3 Å². The highest BCUT2D eigenvalue weighted by molar-refractivity contribution is 5.83. The third kappa shape index (κ3) is 4.23. The topological polar surface area (TPSA) is 142 Å². The highest BCUT2D eigenvalue weighted by Gasteiger charge is 2.53. The Hall–Kier alpha value is -3.85. The molecule has 6 N–H and O–H groups in total. The third-order valence-electron chi connectivity index (χ3n) is 8.49. The first-order valence-electron chi connectivity index (χ1n) is 12.9. The van der Waals surface area contributed by atoms with Crippen molar-refractivity contribution in [1.29, 1.82) is 0 Å². The van der Waals surface area contributed by atoms with E-state index in [4.69, 9.17) is 11.6 Å². The average molecular weight is 501 g/mol. The van der Waals surface area contributed by atoms with E-state index in [1.165, 1.54) is 10.6 Å². The summed E-state index contributed by atoms with van der Waals surface area (Å²) >= 11 is 0. The number of carboxylic acids is 1. The lowest BCUT2D eigenvalue weighted by Gasteiger charge is -2.60. The molecule has 1 aliphatic heterocycles. The molecule has 2 saturated carbocycles.